The van der Waals surface area contributed by atoms with Gasteiger partial charge in [0.15, 0.2) is 11.9 Å². The number of rotatable bonds is 6. The Morgan fingerprint density at radius 2 is 2.17 bits per heavy atom. The first kappa shape index (κ1) is 14.6. The zero-order valence-electron chi connectivity index (χ0n) is 10.1. The lowest BCUT2D eigenvalue weighted by atomic mass is 10.4. The maximum absolute atomic E-state index is 11.9. The Hall–Kier alpha value is -1.45. The van der Waals surface area contributed by atoms with Crippen LogP contribution in [0.5, 0.6) is 0 Å². The average Bonchev–Trinajstić information content (AvgIpc) is 2.59. The average molecular weight is 278 g/mol. The molecule has 0 spiro atoms. The minimum absolute atomic E-state index is 0.0808. The number of aromatic nitrogens is 1. The highest BCUT2D eigenvalue weighted by molar-refractivity contribution is 7.89. The molecule has 8 nitrogen and oxygen atoms in total. The van der Waals surface area contributed by atoms with Gasteiger partial charge in [0.2, 0.25) is 10.0 Å². The summed E-state index contributed by atoms with van der Waals surface area (Å²) in [5.74, 6) is -1.11. The van der Waals surface area contributed by atoms with Gasteiger partial charge in [-0.3, -0.25) is 0 Å². The summed E-state index contributed by atoms with van der Waals surface area (Å²) < 4.78 is 35.3. The number of carbonyl (C=O) groups is 1. The number of nitrogens with zero attached hydrogens (tertiary/aromatic N) is 1. The predicted octanol–water partition coefficient (Wildman–Crippen LogP) is -0.331. The molecule has 0 aliphatic rings. The summed E-state index contributed by atoms with van der Waals surface area (Å²) in [5.41, 5.74) is 0.212. The number of carboxylic acid groups (broad SMARTS) is 1. The fourth-order valence-corrected chi connectivity index (χ4v) is 2.74. The predicted molar refractivity (Wildman–Crippen MR) is 59.6 cm³/mol. The zero-order valence-corrected chi connectivity index (χ0v) is 10.9. The van der Waals surface area contributed by atoms with Crippen LogP contribution in [0.1, 0.15) is 11.5 Å². The summed E-state index contributed by atoms with van der Waals surface area (Å²) in [6, 6.07) is 0. The third-order valence-electron chi connectivity index (χ3n) is 2.26. The van der Waals surface area contributed by atoms with Crippen LogP contribution < -0.4 is 4.72 Å². The fourth-order valence-electron chi connectivity index (χ4n) is 1.39. The highest BCUT2D eigenvalue weighted by Gasteiger charge is 2.26. The summed E-state index contributed by atoms with van der Waals surface area (Å²) in [6.07, 6.45) is -1.25. The zero-order chi connectivity index (χ0) is 13.9. The Balaban J connectivity index is 2.87. The van der Waals surface area contributed by atoms with Crippen LogP contribution in [0.2, 0.25) is 0 Å². The van der Waals surface area contributed by atoms with Crippen molar-refractivity contribution in [3.05, 3.63) is 11.5 Å². The van der Waals surface area contributed by atoms with E-state index in [9.17, 15) is 13.2 Å². The van der Waals surface area contributed by atoms with Gasteiger partial charge in [0.25, 0.3) is 0 Å². The molecule has 0 fully saturated rings. The van der Waals surface area contributed by atoms with E-state index in [1.165, 1.54) is 21.0 Å². The van der Waals surface area contributed by atoms with Gasteiger partial charge in [-0.25, -0.2) is 17.9 Å². The van der Waals surface area contributed by atoms with E-state index < -0.39 is 22.1 Å². The molecule has 18 heavy (non-hydrogen) atoms. The number of sulfonamides is 1. The van der Waals surface area contributed by atoms with Gasteiger partial charge in [0, 0.05) is 13.7 Å². The number of hydrogen-bond donors (Lipinski definition) is 2. The normalized spacial score (nSPS) is 13.5. The van der Waals surface area contributed by atoms with Crippen LogP contribution in [0.4, 0.5) is 0 Å². The minimum atomic E-state index is -3.87. The van der Waals surface area contributed by atoms with E-state index in [4.69, 9.17) is 9.63 Å². The SMILES string of the molecule is COC(CNS(=O)(=O)c1c(C)noc1C)C(=O)O. The lowest BCUT2D eigenvalue weighted by Crippen LogP contribution is -2.38. The second-order valence-electron chi connectivity index (χ2n) is 3.57. The van der Waals surface area contributed by atoms with Crippen molar-refractivity contribution in [1.82, 2.24) is 9.88 Å². The van der Waals surface area contributed by atoms with Crippen molar-refractivity contribution in [3.8, 4) is 0 Å². The third kappa shape index (κ3) is 3.06. The van der Waals surface area contributed by atoms with Crippen molar-refractivity contribution in [3.63, 3.8) is 0 Å². The first-order valence-electron chi connectivity index (χ1n) is 4.97. The summed E-state index contributed by atoms with van der Waals surface area (Å²) in [5, 5.41) is 12.2. The molecular formula is C9H14N2O6S. The highest BCUT2D eigenvalue weighted by atomic mass is 32.2. The first-order chi connectivity index (χ1) is 8.29. The number of hydrogen-bond acceptors (Lipinski definition) is 6. The molecule has 0 saturated carbocycles. The molecule has 1 aromatic rings. The Kier molecular flexibility index (Phi) is 4.43. The molecule has 0 radical (unpaired) electrons. The molecule has 1 heterocycles. The summed E-state index contributed by atoms with van der Waals surface area (Å²) in [7, 11) is -2.68. The van der Waals surface area contributed by atoms with Crippen LogP contribution in [0.3, 0.4) is 0 Å². The van der Waals surface area contributed by atoms with Gasteiger partial charge < -0.3 is 14.4 Å². The second-order valence-corrected chi connectivity index (χ2v) is 5.27. The molecule has 102 valence electrons. The molecule has 0 aromatic carbocycles. The Bertz CT molecular complexity index is 516. The van der Waals surface area contributed by atoms with Gasteiger partial charge in [-0.15, -0.1) is 0 Å². The largest absolute Gasteiger partial charge is 0.479 e. The molecule has 2 N–H and O–H groups in total. The van der Waals surface area contributed by atoms with Crippen LogP contribution >= 0.6 is 0 Å². The number of ether oxygens (including phenoxy) is 1. The van der Waals surface area contributed by atoms with Crippen LogP contribution in [0.25, 0.3) is 0 Å². The van der Waals surface area contributed by atoms with E-state index in [0.29, 0.717) is 0 Å². The van der Waals surface area contributed by atoms with E-state index in [-0.39, 0.29) is 22.9 Å². The molecule has 1 aromatic heterocycles. The van der Waals surface area contributed by atoms with Gasteiger partial charge in [0.05, 0.1) is 0 Å². The van der Waals surface area contributed by atoms with Crippen LogP contribution in [-0.2, 0) is 19.6 Å². The molecule has 1 rings (SSSR count). The van der Waals surface area contributed by atoms with E-state index in [1.807, 2.05) is 0 Å². The van der Waals surface area contributed by atoms with Gasteiger partial charge >= 0.3 is 5.97 Å². The van der Waals surface area contributed by atoms with Crippen molar-refractivity contribution in [2.24, 2.45) is 0 Å². The van der Waals surface area contributed by atoms with Crippen molar-refractivity contribution >= 4 is 16.0 Å². The first-order valence-corrected chi connectivity index (χ1v) is 6.46. The smallest absolute Gasteiger partial charge is 0.334 e. The summed E-state index contributed by atoms with van der Waals surface area (Å²) >= 11 is 0. The molecule has 0 amide bonds. The fraction of sp³-hybridized carbons (Fsp3) is 0.556. The molecule has 1 unspecified atom stereocenters. The number of nitrogens with one attached hydrogen (secondary N) is 1. The summed E-state index contributed by atoms with van der Waals surface area (Å²) in [6.45, 7) is 2.56. The van der Waals surface area contributed by atoms with Gasteiger partial charge in [-0.05, 0) is 13.8 Å². The quantitative estimate of drug-likeness (QED) is 0.731. The monoisotopic (exact) mass is 278 g/mol. The van der Waals surface area contributed by atoms with Crippen molar-refractivity contribution < 1.29 is 27.6 Å². The Morgan fingerprint density at radius 3 is 2.56 bits per heavy atom. The second kappa shape index (κ2) is 5.46. The van der Waals surface area contributed by atoms with E-state index >= 15 is 0 Å². The number of methoxy groups -OCH3 is 1. The molecular weight excluding hydrogens is 264 g/mol. The van der Waals surface area contributed by atoms with Gasteiger partial charge in [-0.1, -0.05) is 5.16 Å². The van der Waals surface area contributed by atoms with Gasteiger partial charge in [0.1, 0.15) is 10.6 Å². The van der Waals surface area contributed by atoms with E-state index in [1.54, 1.807) is 0 Å². The summed E-state index contributed by atoms with van der Waals surface area (Å²) in [4.78, 5) is 10.6. The standard InChI is InChI=1S/C9H14N2O6S/c1-5-8(6(2)17-11-5)18(14,15)10-4-7(16-3)9(12)13/h7,10H,4H2,1-3H3,(H,12,13). The number of carboxylic acids is 1. The molecule has 0 bridgehead atoms. The topological polar surface area (TPSA) is 119 Å². The third-order valence-corrected chi connectivity index (χ3v) is 3.92. The van der Waals surface area contributed by atoms with Crippen molar-refractivity contribution in [2.75, 3.05) is 13.7 Å². The lowest BCUT2D eigenvalue weighted by Gasteiger charge is -2.11. The lowest BCUT2D eigenvalue weighted by molar-refractivity contribution is -0.147. The molecule has 0 aliphatic carbocycles. The minimum Gasteiger partial charge on any atom is -0.479 e. The Labute approximate surface area is 104 Å². The van der Waals surface area contributed by atoms with E-state index in [2.05, 4.69) is 14.6 Å². The van der Waals surface area contributed by atoms with Crippen molar-refractivity contribution in [1.29, 1.82) is 0 Å². The number of aryl methyl sites for hydroxylation is 2. The molecule has 0 aliphatic heterocycles. The Morgan fingerprint density at radius 1 is 1.56 bits per heavy atom. The molecule has 1 atom stereocenters. The maximum Gasteiger partial charge on any atom is 0.334 e. The number of aliphatic carboxylic acids is 1. The highest BCUT2D eigenvalue weighted by Crippen LogP contribution is 2.18. The van der Waals surface area contributed by atoms with Crippen LogP contribution in [0, 0.1) is 13.8 Å². The maximum atomic E-state index is 11.9. The van der Waals surface area contributed by atoms with Crippen LogP contribution in [0.15, 0.2) is 9.42 Å². The van der Waals surface area contributed by atoms with Gasteiger partial charge in [-0.2, -0.15) is 0 Å². The molecule has 0 saturated heterocycles. The van der Waals surface area contributed by atoms with Crippen molar-refractivity contribution in [2.45, 2.75) is 24.8 Å². The molecule has 9 heteroatoms. The van der Waals surface area contributed by atoms with Crippen LogP contribution in [-0.4, -0.2) is 44.4 Å². The van der Waals surface area contributed by atoms with E-state index in [0.717, 1.165) is 0 Å².